The highest BCUT2D eigenvalue weighted by Crippen LogP contribution is 2.56. The van der Waals surface area contributed by atoms with Crippen molar-refractivity contribution in [3.63, 3.8) is 0 Å². The second-order valence-electron chi connectivity index (χ2n) is 10.1. The van der Waals surface area contributed by atoms with E-state index in [4.69, 9.17) is 9.47 Å². The molecule has 0 fully saturated rings. The molecule has 7 rings (SSSR count). The smallest absolute Gasteiger partial charge is 0.343 e. The largest absolute Gasteiger partial charge is 0.423 e. The minimum Gasteiger partial charge on any atom is -0.423 e. The molecule has 0 atom stereocenters. The Morgan fingerprint density at radius 1 is 0.465 bits per heavy atom. The third-order valence-electron chi connectivity index (χ3n) is 7.78. The predicted molar refractivity (Wildman–Crippen MR) is 162 cm³/mol. The molecule has 0 saturated heterocycles. The number of ether oxygens (including phenoxy) is 2. The summed E-state index contributed by atoms with van der Waals surface area (Å²) in [4.78, 5) is 33.3. The number of hydrogen-bond donors (Lipinski definition) is 0. The second-order valence-corrected chi connectivity index (χ2v) is 10.1. The predicted octanol–water partition coefficient (Wildman–Crippen LogP) is 7.28. The third kappa shape index (κ3) is 4.55. The fourth-order valence-electron chi connectivity index (χ4n) is 5.88. The van der Waals surface area contributed by atoms with Crippen LogP contribution in [0.1, 0.15) is 43.0 Å². The lowest BCUT2D eigenvalue weighted by atomic mass is 9.68. The molecule has 2 heterocycles. The van der Waals surface area contributed by atoms with E-state index >= 15 is 0 Å². The van der Waals surface area contributed by atoms with Crippen molar-refractivity contribution in [2.45, 2.75) is 5.41 Å². The molecule has 0 aliphatic heterocycles. The van der Waals surface area contributed by atoms with Gasteiger partial charge in [-0.15, -0.1) is 0 Å². The van der Waals surface area contributed by atoms with Crippen LogP contribution >= 0.6 is 0 Å². The first-order chi connectivity index (χ1) is 21.1. The van der Waals surface area contributed by atoms with Gasteiger partial charge < -0.3 is 9.47 Å². The van der Waals surface area contributed by atoms with Gasteiger partial charge in [-0.25, -0.2) is 9.59 Å². The van der Waals surface area contributed by atoms with Gasteiger partial charge in [0.15, 0.2) is 0 Å². The summed E-state index contributed by atoms with van der Waals surface area (Å²) >= 11 is 0. The summed E-state index contributed by atoms with van der Waals surface area (Å²) in [5.41, 5.74) is 6.80. The minimum atomic E-state index is -0.658. The number of pyridine rings is 2. The summed E-state index contributed by atoms with van der Waals surface area (Å²) in [6, 6.07) is 38.6. The van der Waals surface area contributed by atoms with Crippen LogP contribution in [0.4, 0.5) is 0 Å². The van der Waals surface area contributed by atoms with Crippen molar-refractivity contribution in [1.29, 1.82) is 0 Å². The Labute approximate surface area is 248 Å². The maximum atomic E-state index is 12.7. The lowest BCUT2D eigenvalue weighted by molar-refractivity contribution is 0.0725. The first-order valence-electron chi connectivity index (χ1n) is 13.8. The standard InChI is InChI=1S/C37H24N2O4/c40-35(25-17-21-38-22-18-25)42-29-13-9-27(10-14-29)37(33-7-3-1-5-31(33)32-6-2-4-8-34(32)37)28-11-15-30(16-12-28)43-36(41)26-19-23-39-24-20-26/h1-24H. The number of aromatic nitrogens is 2. The van der Waals surface area contributed by atoms with Crippen LogP contribution in [0.2, 0.25) is 0 Å². The van der Waals surface area contributed by atoms with Crippen molar-refractivity contribution in [3.05, 3.63) is 179 Å². The SMILES string of the molecule is O=C(Oc1ccc(C2(c3ccc(OC(=O)c4ccncc4)cc3)c3ccccc3-c3ccccc32)cc1)c1ccncc1. The van der Waals surface area contributed by atoms with Crippen LogP contribution in [0.15, 0.2) is 146 Å². The zero-order valence-corrected chi connectivity index (χ0v) is 22.9. The molecule has 1 aliphatic carbocycles. The van der Waals surface area contributed by atoms with E-state index in [0.717, 1.165) is 33.4 Å². The van der Waals surface area contributed by atoms with Gasteiger partial charge in [0.2, 0.25) is 0 Å². The van der Waals surface area contributed by atoms with E-state index < -0.39 is 17.4 Å². The van der Waals surface area contributed by atoms with Gasteiger partial charge in [-0.2, -0.15) is 0 Å². The zero-order valence-electron chi connectivity index (χ0n) is 22.9. The van der Waals surface area contributed by atoms with Gasteiger partial charge in [0.25, 0.3) is 0 Å². The number of esters is 2. The van der Waals surface area contributed by atoms with Crippen LogP contribution in [0, 0.1) is 0 Å². The molecule has 0 saturated carbocycles. The molecular formula is C37H24N2O4. The van der Waals surface area contributed by atoms with Crippen molar-refractivity contribution >= 4 is 11.9 Å². The number of fused-ring (bicyclic) bond motifs is 3. The minimum absolute atomic E-state index is 0.430. The quantitative estimate of drug-likeness (QED) is 0.157. The number of nitrogens with zero attached hydrogens (tertiary/aromatic N) is 2. The van der Waals surface area contributed by atoms with Crippen LogP contribution in [-0.2, 0) is 5.41 Å². The molecule has 2 aromatic heterocycles. The molecule has 0 amide bonds. The number of benzene rings is 4. The van der Waals surface area contributed by atoms with Gasteiger partial charge in [-0.1, -0.05) is 72.8 Å². The van der Waals surface area contributed by atoms with E-state index in [1.165, 1.54) is 0 Å². The first-order valence-corrected chi connectivity index (χ1v) is 13.8. The Morgan fingerprint density at radius 3 is 1.23 bits per heavy atom. The number of rotatable bonds is 6. The molecule has 0 unspecified atom stereocenters. The van der Waals surface area contributed by atoms with E-state index in [0.29, 0.717) is 22.6 Å². The molecule has 0 N–H and O–H groups in total. The highest BCUT2D eigenvalue weighted by atomic mass is 16.5. The monoisotopic (exact) mass is 560 g/mol. The molecule has 6 heteroatoms. The van der Waals surface area contributed by atoms with Gasteiger partial charge in [0.05, 0.1) is 16.5 Å². The fraction of sp³-hybridized carbons (Fsp3) is 0.0270. The van der Waals surface area contributed by atoms with Crippen molar-refractivity contribution in [3.8, 4) is 22.6 Å². The average molecular weight is 561 g/mol. The average Bonchev–Trinajstić information content (AvgIpc) is 3.37. The zero-order chi connectivity index (χ0) is 29.2. The Morgan fingerprint density at radius 2 is 0.837 bits per heavy atom. The number of carbonyl (C=O) groups excluding carboxylic acids is 2. The maximum absolute atomic E-state index is 12.7. The van der Waals surface area contributed by atoms with Crippen LogP contribution in [0.25, 0.3) is 11.1 Å². The van der Waals surface area contributed by atoms with Crippen molar-refractivity contribution in [2.75, 3.05) is 0 Å². The molecule has 43 heavy (non-hydrogen) atoms. The van der Waals surface area contributed by atoms with E-state index in [1.807, 2.05) is 48.5 Å². The maximum Gasteiger partial charge on any atom is 0.343 e. The molecule has 0 spiro atoms. The van der Waals surface area contributed by atoms with E-state index in [-0.39, 0.29) is 0 Å². The van der Waals surface area contributed by atoms with Crippen molar-refractivity contribution in [1.82, 2.24) is 9.97 Å². The summed E-state index contributed by atoms with van der Waals surface area (Å²) in [5.74, 6) is -0.00560. The number of carbonyl (C=O) groups is 2. The summed E-state index contributed by atoms with van der Waals surface area (Å²) in [7, 11) is 0. The first kappa shape index (κ1) is 26.0. The summed E-state index contributed by atoms with van der Waals surface area (Å²) in [6.45, 7) is 0. The molecular weight excluding hydrogens is 536 g/mol. The highest BCUT2D eigenvalue weighted by Gasteiger charge is 2.45. The molecule has 4 aromatic carbocycles. The van der Waals surface area contributed by atoms with Gasteiger partial charge in [-0.3, -0.25) is 9.97 Å². The Hall–Kier alpha value is -5.88. The highest BCUT2D eigenvalue weighted by molar-refractivity contribution is 5.91. The summed E-state index contributed by atoms with van der Waals surface area (Å²) in [5, 5.41) is 0. The van der Waals surface area contributed by atoms with Gasteiger partial charge in [-0.05, 0) is 81.9 Å². The van der Waals surface area contributed by atoms with Crippen LogP contribution < -0.4 is 9.47 Å². The van der Waals surface area contributed by atoms with E-state index in [1.54, 1.807) is 49.1 Å². The van der Waals surface area contributed by atoms with Crippen molar-refractivity contribution in [2.24, 2.45) is 0 Å². The molecule has 6 nitrogen and oxygen atoms in total. The Bertz CT molecular complexity index is 1790. The normalized spacial score (nSPS) is 12.6. The van der Waals surface area contributed by atoms with Crippen LogP contribution in [-0.4, -0.2) is 21.9 Å². The molecule has 0 bridgehead atoms. The fourth-order valence-corrected chi connectivity index (χ4v) is 5.88. The van der Waals surface area contributed by atoms with Gasteiger partial charge in [0.1, 0.15) is 11.5 Å². The second kappa shape index (κ2) is 10.8. The lowest BCUT2D eigenvalue weighted by Crippen LogP contribution is -2.28. The molecule has 1 aliphatic rings. The topological polar surface area (TPSA) is 78.4 Å². The summed E-state index contributed by atoms with van der Waals surface area (Å²) in [6.07, 6.45) is 6.24. The van der Waals surface area contributed by atoms with E-state index in [2.05, 4.69) is 58.5 Å². The van der Waals surface area contributed by atoms with Gasteiger partial charge in [0, 0.05) is 24.8 Å². The van der Waals surface area contributed by atoms with E-state index in [9.17, 15) is 9.59 Å². The third-order valence-corrected chi connectivity index (χ3v) is 7.78. The Kier molecular flexibility index (Phi) is 6.56. The van der Waals surface area contributed by atoms with Gasteiger partial charge >= 0.3 is 11.9 Å². The molecule has 0 radical (unpaired) electrons. The summed E-state index contributed by atoms with van der Waals surface area (Å²) < 4.78 is 11.3. The number of hydrogen-bond acceptors (Lipinski definition) is 6. The Balaban J connectivity index is 1.30. The van der Waals surface area contributed by atoms with Crippen LogP contribution in [0.3, 0.4) is 0 Å². The van der Waals surface area contributed by atoms with Crippen molar-refractivity contribution < 1.29 is 19.1 Å². The molecule has 6 aromatic rings. The lowest BCUT2D eigenvalue weighted by Gasteiger charge is -2.34. The van der Waals surface area contributed by atoms with Crippen LogP contribution in [0.5, 0.6) is 11.5 Å². The molecule has 206 valence electrons.